The molecule has 1 aromatic heterocycles. The molecule has 0 unspecified atom stereocenters. The fourth-order valence-corrected chi connectivity index (χ4v) is 3.42. The monoisotopic (exact) mass is 381 g/mol. The maximum absolute atomic E-state index is 13.4. The van der Waals surface area contributed by atoms with Crippen molar-refractivity contribution in [2.45, 2.75) is 13.0 Å². The Kier molecular flexibility index (Phi) is 4.73. The molecule has 0 radical (unpaired) electrons. The smallest absolute Gasteiger partial charge is 0.274 e. The van der Waals surface area contributed by atoms with Crippen LogP contribution in [0.15, 0.2) is 48.7 Å². The number of amides is 1. The van der Waals surface area contributed by atoms with Crippen LogP contribution in [0.1, 0.15) is 21.6 Å². The van der Waals surface area contributed by atoms with E-state index in [0.29, 0.717) is 36.0 Å². The first-order valence-corrected chi connectivity index (χ1v) is 8.93. The largest absolute Gasteiger partial charge is 0.493 e. The highest BCUT2D eigenvalue weighted by Crippen LogP contribution is 2.33. The number of benzene rings is 2. The van der Waals surface area contributed by atoms with Crippen molar-refractivity contribution in [2.75, 3.05) is 20.8 Å². The lowest BCUT2D eigenvalue weighted by Crippen LogP contribution is -2.36. The molecular formula is C21H20FN3O3. The minimum atomic E-state index is -0.349. The molecule has 2 heterocycles. The molecular weight excluding hydrogens is 361 g/mol. The van der Waals surface area contributed by atoms with Crippen molar-refractivity contribution in [3.63, 3.8) is 0 Å². The molecule has 1 amide bonds. The summed E-state index contributed by atoms with van der Waals surface area (Å²) < 4.78 is 25.7. The van der Waals surface area contributed by atoms with Crippen LogP contribution in [0.25, 0.3) is 5.69 Å². The number of rotatable bonds is 4. The molecule has 2 aromatic carbocycles. The van der Waals surface area contributed by atoms with Crippen LogP contribution in [0.3, 0.4) is 0 Å². The normalized spacial score (nSPS) is 13.2. The number of hydrogen-bond donors (Lipinski definition) is 0. The number of carbonyl (C=O) groups excluding carboxylic acids is 1. The highest BCUT2D eigenvalue weighted by atomic mass is 19.1. The van der Waals surface area contributed by atoms with Crippen LogP contribution in [-0.4, -0.2) is 41.4 Å². The zero-order valence-corrected chi connectivity index (χ0v) is 15.7. The molecule has 0 saturated heterocycles. The van der Waals surface area contributed by atoms with Crippen LogP contribution in [-0.2, 0) is 13.0 Å². The van der Waals surface area contributed by atoms with Gasteiger partial charge in [0.2, 0.25) is 0 Å². The van der Waals surface area contributed by atoms with Crippen LogP contribution in [0.5, 0.6) is 11.5 Å². The molecule has 6 nitrogen and oxygen atoms in total. The van der Waals surface area contributed by atoms with Crippen molar-refractivity contribution in [3.8, 4) is 17.2 Å². The van der Waals surface area contributed by atoms with Gasteiger partial charge in [0.25, 0.3) is 5.91 Å². The lowest BCUT2D eigenvalue weighted by molar-refractivity contribution is 0.0728. The van der Waals surface area contributed by atoms with Crippen LogP contribution in [0, 0.1) is 5.82 Å². The molecule has 0 spiro atoms. The minimum absolute atomic E-state index is 0.157. The SMILES string of the molecule is COc1cc2c(cc1OC)CN(C(=O)c1ccn(-c3cccc(F)c3)n1)CC2. The van der Waals surface area contributed by atoms with Gasteiger partial charge in [-0.25, -0.2) is 9.07 Å². The van der Waals surface area contributed by atoms with Gasteiger partial charge in [0.05, 0.1) is 19.9 Å². The topological polar surface area (TPSA) is 56.6 Å². The third-order valence-corrected chi connectivity index (χ3v) is 4.89. The van der Waals surface area contributed by atoms with Gasteiger partial charge in [-0.3, -0.25) is 4.79 Å². The average molecular weight is 381 g/mol. The minimum Gasteiger partial charge on any atom is -0.493 e. The Morgan fingerprint density at radius 1 is 1.07 bits per heavy atom. The first-order valence-electron chi connectivity index (χ1n) is 8.93. The van der Waals surface area contributed by atoms with E-state index in [-0.39, 0.29) is 11.7 Å². The Labute approximate surface area is 162 Å². The first-order chi connectivity index (χ1) is 13.6. The van der Waals surface area contributed by atoms with Crippen molar-refractivity contribution in [2.24, 2.45) is 0 Å². The van der Waals surface area contributed by atoms with Crippen molar-refractivity contribution in [1.29, 1.82) is 0 Å². The van der Waals surface area contributed by atoms with Gasteiger partial charge in [-0.2, -0.15) is 5.10 Å². The van der Waals surface area contributed by atoms with E-state index in [1.54, 1.807) is 43.5 Å². The Bertz CT molecular complexity index is 1030. The number of carbonyl (C=O) groups is 1. The summed E-state index contributed by atoms with van der Waals surface area (Å²) in [6.07, 6.45) is 2.39. The van der Waals surface area contributed by atoms with Gasteiger partial charge in [0, 0.05) is 19.3 Å². The van der Waals surface area contributed by atoms with Gasteiger partial charge in [0.1, 0.15) is 5.82 Å². The number of halogens is 1. The number of ether oxygens (including phenoxy) is 2. The van der Waals surface area contributed by atoms with E-state index in [4.69, 9.17) is 9.47 Å². The first kappa shape index (κ1) is 18.0. The summed E-state index contributed by atoms with van der Waals surface area (Å²) in [7, 11) is 3.20. The summed E-state index contributed by atoms with van der Waals surface area (Å²) in [5.41, 5.74) is 3.07. The van der Waals surface area contributed by atoms with Crippen LogP contribution >= 0.6 is 0 Å². The van der Waals surface area contributed by atoms with Crippen molar-refractivity contribution in [3.05, 3.63) is 71.3 Å². The summed E-state index contributed by atoms with van der Waals surface area (Å²) in [6.45, 7) is 1.06. The average Bonchev–Trinajstić information content (AvgIpc) is 3.22. The molecule has 28 heavy (non-hydrogen) atoms. The highest BCUT2D eigenvalue weighted by molar-refractivity contribution is 5.92. The fourth-order valence-electron chi connectivity index (χ4n) is 3.42. The van der Waals surface area contributed by atoms with Crippen LogP contribution in [0.2, 0.25) is 0 Å². The summed E-state index contributed by atoms with van der Waals surface area (Å²) in [5.74, 6) is 0.828. The van der Waals surface area contributed by atoms with Gasteiger partial charge in [-0.1, -0.05) is 6.07 Å². The van der Waals surface area contributed by atoms with E-state index in [2.05, 4.69) is 5.10 Å². The zero-order valence-electron chi connectivity index (χ0n) is 15.7. The van der Waals surface area contributed by atoms with E-state index < -0.39 is 0 Å². The van der Waals surface area contributed by atoms with E-state index in [1.165, 1.54) is 16.8 Å². The molecule has 7 heteroatoms. The molecule has 0 atom stereocenters. The molecule has 1 aliphatic heterocycles. The Hall–Kier alpha value is -3.35. The summed E-state index contributed by atoms with van der Waals surface area (Å²) >= 11 is 0. The van der Waals surface area contributed by atoms with Gasteiger partial charge in [-0.15, -0.1) is 0 Å². The predicted octanol–water partition coefficient (Wildman–Crippen LogP) is 3.23. The summed E-state index contributed by atoms with van der Waals surface area (Å²) in [5, 5.41) is 4.33. The lowest BCUT2D eigenvalue weighted by Gasteiger charge is -2.29. The Morgan fingerprint density at radius 2 is 1.82 bits per heavy atom. The molecule has 144 valence electrons. The van der Waals surface area contributed by atoms with Crippen molar-refractivity contribution >= 4 is 5.91 Å². The van der Waals surface area contributed by atoms with Gasteiger partial charge in [0.15, 0.2) is 17.2 Å². The number of aromatic nitrogens is 2. The van der Waals surface area contributed by atoms with E-state index in [1.807, 2.05) is 12.1 Å². The van der Waals surface area contributed by atoms with E-state index >= 15 is 0 Å². The van der Waals surface area contributed by atoms with Crippen LogP contribution in [0.4, 0.5) is 4.39 Å². The Balaban J connectivity index is 1.55. The van der Waals surface area contributed by atoms with Crippen molar-refractivity contribution in [1.82, 2.24) is 14.7 Å². The predicted molar refractivity (Wildman–Crippen MR) is 102 cm³/mol. The second-order valence-electron chi connectivity index (χ2n) is 6.58. The molecule has 0 N–H and O–H groups in total. The second-order valence-corrected chi connectivity index (χ2v) is 6.58. The molecule has 0 saturated carbocycles. The molecule has 1 aliphatic rings. The Morgan fingerprint density at radius 3 is 2.54 bits per heavy atom. The van der Waals surface area contributed by atoms with E-state index in [9.17, 15) is 9.18 Å². The summed E-state index contributed by atoms with van der Waals surface area (Å²) in [6, 6.07) is 11.6. The van der Waals surface area contributed by atoms with Crippen molar-refractivity contribution < 1.29 is 18.7 Å². The fraction of sp³-hybridized carbons (Fsp3) is 0.238. The third kappa shape index (κ3) is 3.31. The lowest BCUT2D eigenvalue weighted by atomic mass is 9.98. The molecule has 0 fully saturated rings. The molecule has 0 aliphatic carbocycles. The molecule has 3 aromatic rings. The number of nitrogens with zero attached hydrogens (tertiary/aromatic N) is 3. The van der Waals surface area contributed by atoms with Crippen LogP contribution < -0.4 is 9.47 Å². The quantitative estimate of drug-likeness (QED) is 0.696. The van der Waals surface area contributed by atoms with Gasteiger partial charge < -0.3 is 14.4 Å². The molecule has 4 rings (SSSR count). The number of hydrogen-bond acceptors (Lipinski definition) is 4. The third-order valence-electron chi connectivity index (χ3n) is 4.89. The second kappa shape index (κ2) is 7.34. The van der Waals surface area contributed by atoms with Gasteiger partial charge in [-0.05, 0) is 53.9 Å². The number of fused-ring (bicyclic) bond motifs is 1. The maximum Gasteiger partial charge on any atom is 0.274 e. The summed E-state index contributed by atoms with van der Waals surface area (Å²) in [4.78, 5) is 14.7. The maximum atomic E-state index is 13.4. The standard InChI is InChI=1S/C21H20FN3O3/c1-27-19-10-14-6-8-24(13-15(14)11-20(19)28-2)21(26)18-7-9-25(23-18)17-5-3-4-16(22)12-17/h3-5,7,9-12H,6,8,13H2,1-2H3. The number of methoxy groups -OCH3 is 2. The van der Waals surface area contributed by atoms with E-state index in [0.717, 1.165) is 17.5 Å². The van der Waals surface area contributed by atoms with Gasteiger partial charge >= 0.3 is 0 Å². The highest BCUT2D eigenvalue weighted by Gasteiger charge is 2.25. The molecule has 0 bridgehead atoms. The zero-order chi connectivity index (χ0) is 19.7.